The Bertz CT molecular complexity index is 271. The summed E-state index contributed by atoms with van der Waals surface area (Å²) in [6, 6.07) is 0. The van der Waals surface area contributed by atoms with Gasteiger partial charge in [0.05, 0.1) is 12.7 Å². The molecule has 0 spiro atoms. The van der Waals surface area contributed by atoms with Gasteiger partial charge in [0.2, 0.25) is 0 Å². The summed E-state index contributed by atoms with van der Waals surface area (Å²) in [6.07, 6.45) is 11.3. The Morgan fingerprint density at radius 3 is 2.58 bits per heavy atom. The third-order valence-electron chi connectivity index (χ3n) is 4.64. The van der Waals surface area contributed by atoms with Gasteiger partial charge in [0.1, 0.15) is 6.61 Å². The standard InChI is InChI=1S/C16H28O3/c1-2-6-16(17)19-12-11-18-15-10-5-9-14(15)13-7-3-4-8-13/h13-15H,2-12H2,1H3. The molecular formula is C16H28O3. The molecule has 2 saturated carbocycles. The molecule has 2 fully saturated rings. The Balaban J connectivity index is 1.63. The van der Waals surface area contributed by atoms with Gasteiger partial charge in [0, 0.05) is 6.42 Å². The second-order valence-corrected chi connectivity index (χ2v) is 6.02. The van der Waals surface area contributed by atoms with E-state index in [9.17, 15) is 4.79 Å². The van der Waals surface area contributed by atoms with Gasteiger partial charge in [-0.05, 0) is 31.1 Å². The third kappa shape index (κ3) is 4.48. The van der Waals surface area contributed by atoms with Crippen molar-refractivity contribution in [3.8, 4) is 0 Å². The van der Waals surface area contributed by atoms with E-state index in [1.54, 1.807) is 0 Å². The summed E-state index contributed by atoms with van der Waals surface area (Å²) in [5, 5.41) is 0. The average Bonchev–Trinajstić information content (AvgIpc) is 3.05. The largest absolute Gasteiger partial charge is 0.463 e. The van der Waals surface area contributed by atoms with Gasteiger partial charge in [-0.15, -0.1) is 0 Å². The molecule has 0 aromatic carbocycles. The summed E-state index contributed by atoms with van der Waals surface area (Å²) >= 11 is 0. The molecule has 2 atom stereocenters. The molecule has 3 nitrogen and oxygen atoms in total. The van der Waals surface area contributed by atoms with Crippen LogP contribution in [0.3, 0.4) is 0 Å². The van der Waals surface area contributed by atoms with Crippen molar-refractivity contribution in [2.45, 2.75) is 70.8 Å². The molecule has 2 rings (SSSR count). The highest BCUT2D eigenvalue weighted by molar-refractivity contribution is 5.69. The number of ether oxygens (including phenoxy) is 2. The Morgan fingerprint density at radius 1 is 1.05 bits per heavy atom. The lowest BCUT2D eigenvalue weighted by atomic mass is 9.88. The molecule has 0 saturated heterocycles. The maximum absolute atomic E-state index is 11.2. The summed E-state index contributed by atoms with van der Waals surface area (Å²) in [6.45, 7) is 2.98. The van der Waals surface area contributed by atoms with Gasteiger partial charge in [-0.25, -0.2) is 0 Å². The number of rotatable bonds is 7. The van der Waals surface area contributed by atoms with Gasteiger partial charge in [-0.1, -0.05) is 39.0 Å². The van der Waals surface area contributed by atoms with Crippen LogP contribution in [0.5, 0.6) is 0 Å². The first-order chi connectivity index (χ1) is 9.31. The first-order valence-corrected chi connectivity index (χ1v) is 8.08. The number of esters is 1. The number of hydrogen-bond donors (Lipinski definition) is 0. The number of carbonyl (C=O) groups is 1. The molecule has 2 aliphatic carbocycles. The van der Waals surface area contributed by atoms with Gasteiger partial charge in [0.25, 0.3) is 0 Å². The van der Waals surface area contributed by atoms with Crippen LogP contribution in [-0.4, -0.2) is 25.3 Å². The van der Waals surface area contributed by atoms with Crippen LogP contribution in [0.15, 0.2) is 0 Å². The zero-order chi connectivity index (χ0) is 13.5. The smallest absolute Gasteiger partial charge is 0.305 e. The normalized spacial score (nSPS) is 27.8. The molecule has 0 bridgehead atoms. The van der Waals surface area contributed by atoms with Crippen LogP contribution in [0.2, 0.25) is 0 Å². The predicted molar refractivity (Wildman–Crippen MR) is 74.9 cm³/mol. The van der Waals surface area contributed by atoms with Gasteiger partial charge < -0.3 is 9.47 Å². The van der Waals surface area contributed by atoms with Crippen molar-refractivity contribution in [2.75, 3.05) is 13.2 Å². The summed E-state index contributed by atoms with van der Waals surface area (Å²) < 4.78 is 11.1. The Morgan fingerprint density at radius 2 is 1.84 bits per heavy atom. The van der Waals surface area contributed by atoms with E-state index in [1.165, 1.54) is 44.9 Å². The predicted octanol–water partition coefficient (Wildman–Crippen LogP) is 3.71. The fourth-order valence-electron chi connectivity index (χ4n) is 3.72. The van der Waals surface area contributed by atoms with Crippen molar-refractivity contribution < 1.29 is 14.3 Å². The highest BCUT2D eigenvalue weighted by Gasteiger charge is 2.35. The quantitative estimate of drug-likeness (QED) is 0.521. The second-order valence-electron chi connectivity index (χ2n) is 6.02. The van der Waals surface area contributed by atoms with Crippen molar-refractivity contribution in [2.24, 2.45) is 11.8 Å². The van der Waals surface area contributed by atoms with Crippen LogP contribution in [0.4, 0.5) is 0 Å². The third-order valence-corrected chi connectivity index (χ3v) is 4.64. The van der Waals surface area contributed by atoms with Crippen molar-refractivity contribution >= 4 is 5.97 Å². The fourth-order valence-corrected chi connectivity index (χ4v) is 3.72. The van der Waals surface area contributed by atoms with Crippen LogP contribution < -0.4 is 0 Å². The summed E-state index contributed by atoms with van der Waals surface area (Å²) in [5.41, 5.74) is 0. The van der Waals surface area contributed by atoms with Crippen LogP contribution in [-0.2, 0) is 14.3 Å². The lowest BCUT2D eigenvalue weighted by molar-refractivity contribution is -0.146. The molecule has 3 heteroatoms. The van der Waals surface area contributed by atoms with E-state index in [0.717, 1.165) is 18.3 Å². The van der Waals surface area contributed by atoms with E-state index in [1.807, 2.05) is 6.92 Å². The van der Waals surface area contributed by atoms with E-state index in [4.69, 9.17) is 9.47 Å². The molecule has 0 N–H and O–H groups in total. The van der Waals surface area contributed by atoms with E-state index in [0.29, 0.717) is 25.7 Å². The van der Waals surface area contributed by atoms with E-state index in [-0.39, 0.29) is 5.97 Å². The topological polar surface area (TPSA) is 35.5 Å². The highest BCUT2D eigenvalue weighted by atomic mass is 16.6. The van der Waals surface area contributed by atoms with Crippen LogP contribution in [0.1, 0.15) is 64.7 Å². The Kier molecular flexibility index (Phi) is 6.15. The maximum Gasteiger partial charge on any atom is 0.305 e. The average molecular weight is 268 g/mol. The summed E-state index contributed by atoms with van der Waals surface area (Å²) in [4.78, 5) is 11.2. The van der Waals surface area contributed by atoms with Crippen LogP contribution in [0, 0.1) is 11.8 Å². The minimum atomic E-state index is -0.0927. The van der Waals surface area contributed by atoms with Gasteiger partial charge >= 0.3 is 5.97 Å². The highest BCUT2D eigenvalue weighted by Crippen LogP contribution is 2.41. The van der Waals surface area contributed by atoms with E-state index in [2.05, 4.69) is 0 Å². The molecule has 2 unspecified atom stereocenters. The van der Waals surface area contributed by atoms with Gasteiger partial charge in [-0.2, -0.15) is 0 Å². The molecule has 0 radical (unpaired) electrons. The van der Waals surface area contributed by atoms with E-state index >= 15 is 0 Å². The molecule has 0 aromatic heterocycles. The lowest BCUT2D eigenvalue weighted by Gasteiger charge is -2.25. The fraction of sp³-hybridized carbons (Fsp3) is 0.938. The maximum atomic E-state index is 11.2. The lowest BCUT2D eigenvalue weighted by Crippen LogP contribution is -2.26. The molecule has 0 aromatic rings. The molecule has 2 aliphatic rings. The Labute approximate surface area is 117 Å². The van der Waals surface area contributed by atoms with Crippen molar-refractivity contribution in [3.63, 3.8) is 0 Å². The summed E-state index contributed by atoms with van der Waals surface area (Å²) in [7, 11) is 0. The molecule has 110 valence electrons. The molecule has 19 heavy (non-hydrogen) atoms. The van der Waals surface area contributed by atoms with Crippen LogP contribution in [0.25, 0.3) is 0 Å². The van der Waals surface area contributed by atoms with Crippen LogP contribution >= 0.6 is 0 Å². The Hall–Kier alpha value is -0.570. The minimum Gasteiger partial charge on any atom is -0.463 e. The molecule has 0 aliphatic heterocycles. The SMILES string of the molecule is CCCC(=O)OCCOC1CCCC1C1CCCC1. The van der Waals surface area contributed by atoms with Crippen molar-refractivity contribution in [3.05, 3.63) is 0 Å². The molecular weight excluding hydrogens is 240 g/mol. The minimum absolute atomic E-state index is 0.0927. The molecule has 0 heterocycles. The zero-order valence-electron chi connectivity index (χ0n) is 12.2. The molecule has 0 amide bonds. The van der Waals surface area contributed by atoms with E-state index < -0.39 is 0 Å². The van der Waals surface area contributed by atoms with Gasteiger partial charge in [0.15, 0.2) is 0 Å². The second kappa shape index (κ2) is 7.88. The number of carbonyl (C=O) groups excluding carboxylic acids is 1. The van der Waals surface area contributed by atoms with Crippen molar-refractivity contribution in [1.29, 1.82) is 0 Å². The zero-order valence-corrected chi connectivity index (χ0v) is 12.2. The first-order valence-electron chi connectivity index (χ1n) is 8.08. The monoisotopic (exact) mass is 268 g/mol. The van der Waals surface area contributed by atoms with Gasteiger partial charge in [-0.3, -0.25) is 4.79 Å². The first kappa shape index (κ1) is 14.8. The number of hydrogen-bond acceptors (Lipinski definition) is 3. The van der Waals surface area contributed by atoms with Crippen molar-refractivity contribution in [1.82, 2.24) is 0 Å². The summed E-state index contributed by atoms with van der Waals surface area (Å²) in [5.74, 6) is 1.58.